The van der Waals surface area contributed by atoms with Gasteiger partial charge in [-0.1, -0.05) is 11.8 Å². The fourth-order valence-electron chi connectivity index (χ4n) is 3.85. The number of hydrogen-bond donors (Lipinski definition) is 0. The van der Waals surface area contributed by atoms with Crippen LogP contribution < -0.4 is 5.56 Å². The molecule has 0 N–H and O–H groups in total. The first-order valence-corrected chi connectivity index (χ1v) is 11.4. The van der Waals surface area contributed by atoms with Crippen LogP contribution in [0.5, 0.6) is 0 Å². The fraction of sp³-hybridized carbons (Fsp3) is 0.684. The summed E-state index contributed by atoms with van der Waals surface area (Å²) in [6.07, 6.45) is 7.72. The zero-order valence-corrected chi connectivity index (χ0v) is 16.9. The van der Waals surface area contributed by atoms with Gasteiger partial charge in [-0.25, -0.2) is 4.98 Å². The number of rotatable bonds is 7. The van der Waals surface area contributed by atoms with Gasteiger partial charge >= 0.3 is 0 Å². The van der Waals surface area contributed by atoms with Gasteiger partial charge < -0.3 is 9.47 Å². The summed E-state index contributed by atoms with van der Waals surface area (Å²) in [5, 5.41) is 1.72. The van der Waals surface area contributed by atoms with E-state index in [1.807, 2.05) is 4.57 Å². The third kappa shape index (κ3) is 3.72. The molecule has 0 amide bonds. The molecule has 0 radical (unpaired) electrons. The lowest BCUT2D eigenvalue weighted by Gasteiger charge is -2.16. The number of thioether (sulfide) groups is 1. The first kappa shape index (κ1) is 18.5. The van der Waals surface area contributed by atoms with Gasteiger partial charge in [-0.3, -0.25) is 9.36 Å². The van der Waals surface area contributed by atoms with Crippen LogP contribution in [0.15, 0.2) is 9.95 Å². The Morgan fingerprint density at radius 1 is 1.35 bits per heavy atom. The van der Waals surface area contributed by atoms with Gasteiger partial charge in [0.25, 0.3) is 5.56 Å². The van der Waals surface area contributed by atoms with Gasteiger partial charge in [-0.05, 0) is 50.5 Å². The first-order valence-electron chi connectivity index (χ1n) is 9.56. The van der Waals surface area contributed by atoms with Crippen LogP contribution in [0.3, 0.4) is 0 Å². The molecule has 1 aliphatic carbocycles. The molecule has 1 aliphatic heterocycles. The lowest BCUT2D eigenvalue weighted by atomic mass is 9.97. The van der Waals surface area contributed by atoms with Gasteiger partial charge in [0, 0.05) is 31.0 Å². The second kappa shape index (κ2) is 8.42. The van der Waals surface area contributed by atoms with Gasteiger partial charge in [0.15, 0.2) is 5.16 Å². The first-order chi connectivity index (χ1) is 12.8. The smallest absolute Gasteiger partial charge is 0.263 e. The molecule has 5 nitrogen and oxygen atoms in total. The second-order valence-corrected chi connectivity index (χ2v) is 9.18. The van der Waals surface area contributed by atoms with Crippen molar-refractivity contribution in [3.05, 3.63) is 20.8 Å². The van der Waals surface area contributed by atoms with Crippen molar-refractivity contribution in [1.29, 1.82) is 0 Å². The van der Waals surface area contributed by atoms with Crippen molar-refractivity contribution in [1.82, 2.24) is 9.55 Å². The van der Waals surface area contributed by atoms with E-state index in [9.17, 15) is 4.79 Å². The molecule has 0 aromatic carbocycles. The number of aryl methyl sites for hydroxylation is 2. The van der Waals surface area contributed by atoms with Crippen LogP contribution in [-0.4, -0.2) is 41.7 Å². The van der Waals surface area contributed by atoms with Crippen LogP contribution in [0.1, 0.15) is 42.5 Å². The monoisotopic (exact) mass is 394 g/mol. The van der Waals surface area contributed by atoms with Crippen LogP contribution in [0, 0.1) is 0 Å². The number of thiophene rings is 1. The third-order valence-electron chi connectivity index (χ3n) is 5.17. The van der Waals surface area contributed by atoms with Crippen molar-refractivity contribution in [3.8, 4) is 0 Å². The van der Waals surface area contributed by atoms with Crippen LogP contribution >= 0.6 is 23.1 Å². The summed E-state index contributed by atoms with van der Waals surface area (Å²) in [6, 6.07) is 0. The highest BCUT2D eigenvalue weighted by molar-refractivity contribution is 7.99. The average Bonchev–Trinajstić information content (AvgIpc) is 3.28. The molecule has 26 heavy (non-hydrogen) atoms. The molecule has 1 unspecified atom stereocenters. The second-order valence-electron chi connectivity index (χ2n) is 7.03. The topological polar surface area (TPSA) is 53.3 Å². The number of nitrogens with zero attached hydrogens (tertiary/aromatic N) is 2. The Labute approximate surface area is 162 Å². The Bertz CT molecular complexity index is 824. The lowest BCUT2D eigenvalue weighted by molar-refractivity contribution is 0.0937. The van der Waals surface area contributed by atoms with Crippen molar-refractivity contribution in [2.75, 3.05) is 26.1 Å². The Morgan fingerprint density at radius 3 is 3.04 bits per heavy atom. The molecule has 1 atom stereocenters. The normalized spacial score (nSPS) is 20.0. The number of aromatic nitrogens is 2. The van der Waals surface area contributed by atoms with E-state index in [2.05, 4.69) is 0 Å². The molecule has 2 aliphatic rings. The Morgan fingerprint density at radius 2 is 2.23 bits per heavy atom. The Hall–Kier alpha value is -0.890. The quantitative estimate of drug-likeness (QED) is 0.408. The molecule has 1 fully saturated rings. The molecular formula is C19H26N2O3S2. The molecule has 4 rings (SSSR count). The number of methoxy groups -OCH3 is 1. The van der Waals surface area contributed by atoms with Gasteiger partial charge in [-0.2, -0.15) is 0 Å². The van der Waals surface area contributed by atoms with Crippen LogP contribution in [0.25, 0.3) is 10.2 Å². The number of hydrogen-bond acceptors (Lipinski definition) is 6. The molecular weight excluding hydrogens is 368 g/mol. The van der Waals surface area contributed by atoms with E-state index in [0.717, 1.165) is 66.4 Å². The van der Waals surface area contributed by atoms with Crippen molar-refractivity contribution < 1.29 is 9.47 Å². The molecule has 7 heteroatoms. The third-order valence-corrected chi connectivity index (χ3v) is 7.42. The molecule has 0 spiro atoms. The zero-order valence-electron chi connectivity index (χ0n) is 15.3. The van der Waals surface area contributed by atoms with Crippen molar-refractivity contribution >= 4 is 33.3 Å². The van der Waals surface area contributed by atoms with E-state index < -0.39 is 0 Å². The summed E-state index contributed by atoms with van der Waals surface area (Å²) in [4.78, 5) is 20.6. The highest BCUT2D eigenvalue weighted by atomic mass is 32.2. The minimum absolute atomic E-state index is 0.138. The Balaban J connectivity index is 1.72. The molecule has 3 heterocycles. The maximum absolute atomic E-state index is 13.4. The molecule has 1 saturated heterocycles. The molecule has 142 valence electrons. The number of fused-ring (bicyclic) bond motifs is 3. The van der Waals surface area contributed by atoms with Crippen molar-refractivity contribution in [3.63, 3.8) is 0 Å². The van der Waals surface area contributed by atoms with Gasteiger partial charge in [0.05, 0.1) is 18.0 Å². The SMILES string of the molecule is COCCCSc1nc2sc3c(c2c(=O)n1CC1CCCO1)CCCC3. The van der Waals surface area contributed by atoms with E-state index in [-0.39, 0.29) is 11.7 Å². The van der Waals surface area contributed by atoms with Crippen molar-refractivity contribution in [2.24, 2.45) is 0 Å². The average molecular weight is 395 g/mol. The largest absolute Gasteiger partial charge is 0.385 e. The maximum Gasteiger partial charge on any atom is 0.263 e. The fourth-order valence-corrected chi connectivity index (χ4v) is 6.07. The molecule has 0 saturated carbocycles. The van der Waals surface area contributed by atoms with E-state index in [1.165, 1.54) is 23.3 Å². The van der Waals surface area contributed by atoms with Gasteiger partial charge in [0.2, 0.25) is 0 Å². The van der Waals surface area contributed by atoms with Gasteiger partial charge in [-0.15, -0.1) is 11.3 Å². The van der Waals surface area contributed by atoms with E-state index in [4.69, 9.17) is 14.5 Å². The van der Waals surface area contributed by atoms with E-state index in [0.29, 0.717) is 6.54 Å². The zero-order chi connectivity index (χ0) is 17.9. The van der Waals surface area contributed by atoms with Crippen molar-refractivity contribution in [2.45, 2.75) is 62.8 Å². The van der Waals surface area contributed by atoms with Crippen LogP contribution in [0.4, 0.5) is 0 Å². The summed E-state index contributed by atoms with van der Waals surface area (Å²) in [5.74, 6) is 0.905. The molecule has 2 aromatic rings. The van der Waals surface area contributed by atoms with E-state index in [1.54, 1.807) is 30.2 Å². The Kier molecular flexibility index (Phi) is 5.98. The van der Waals surface area contributed by atoms with Crippen LogP contribution in [0.2, 0.25) is 0 Å². The molecule has 0 bridgehead atoms. The van der Waals surface area contributed by atoms with E-state index >= 15 is 0 Å². The predicted molar refractivity (Wildman–Crippen MR) is 107 cm³/mol. The highest BCUT2D eigenvalue weighted by Crippen LogP contribution is 2.35. The summed E-state index contributed by atoms with van der Waals surface area (Å²) in [7, 11) is 1.72. The predicted octanol–water partition coefficient (Wildman–Crippen LogP) is 3.64. The minimum atomic E-state index is 0.138. The minimum Gasteiger partial charge on any atom is -0.385 e. The number of ether oxygens (including phenoxy) is 2. The summed E-state index contributed by atoms with van der Waals surface area (Å²) < 4.78 is 12.8. The van der Waals surface area contributed by atoms with Gasteiger partial charge in [0.1, 0.15) is 4.83 Å². The summed E-state index contributed by atoms with van der Waals surface area (Å²) >= 11 is 3.40. The standard InChI is InChI=1S/C19H26N2O3S2/c1-23-9-5-11-25-19-20-17-16(14-7-2-3-8-15(14)26-17)18(22)21(19)12-13-6-4-10-24-13/h13H,2-12H2,1H3. The molecule has 2 aromatic heterocycles. The van der Waals surface area contributed by atoms with Crippen LogP contribution in [-0.2, 0) is 28.9 Å². The summed E-state index contributed by atoms with van der Waals surface area (Å²) in [5.41, 5.74) is 1.41. The maximum atomic E-state index is 13.4. The lowest BCUT2D eigenvalue weighted by Crippen LogP contribution is -2.29. The summed E-state index contributed by atoms with van der Waals surface area (Å²) in [6.45, 7) is 2.16. The highest BCUT2D eigenvalue weighted by Gasteiger charge is 2.24.